The monoisotopic (exact) mass is 227 g/mol. The van der Waals surface area contributed by atoms with Crippen molar-refractivity contribution in [2.24, 2.45) is 5.41 Å². The molecule has 0 aromatic rings. The molecule has 88 valence electrons. The highest BCUT2D eigenvalue weighted by molar-refractivity contribution is 6.70. The highest BCUT2D eigenvalue weighted by atomic mass is 28.4. The molecule has 3 heteroatoms. The lowest BCUT2D eigenvalue weighted by Crippen LogP contribution is -2.44. The minimum Gasteiger partial charge on any atom is -0.547 e. The second-order valence-electron chi connectivity index (χ2n) is 6.42. The normalized spacial score (nSPS) is 23.6. The van der Waals surface area contributed by atoms with E-state index in [0.29, 0.717) is 11.5 Å². The molecule has 15 heavy (non-hydrogen) atoms. The Morgan fingerprint density at radius 3 is 2.40 bits per heavy atom. The Labute approximate surface area is 95.2 Å². The van der Waals surface area contributed by atoms with Crippen LogP contribution in [0.3, 0.4) is 0 Å². The average molecular weight is 227 g/mol. The van der Waals surface area contributed by atoms with Gasteiger partial charge in [0.25, 0.3) is 0 Å². The van der Waals surface area contributed by atoms with Crippen LogP contribution in [0.1, 0.15) is 27.2 Å². The smallest absolute Gasteiger partial charge is 0.241 e. The number of nitrogens with one attached hydrogen (secondary N) is 1. The van der Waals surface area contributed by atoms with Gasteiger partial charge in [0.15, 0.2) is 0 Å². The predicted octanol–water partition coefficient (Wildman–Crippen LogP) is 3.13. The molecular weight excluding hydrogens is 202 g/mol. The summed E-state index contributed by atoms with van der Waals surface area (Å²) in [6.45, 7) is 14.5. The highest BCUT2D eigenvalue weighted by Crippen LogP contribution is 2.28. The van der Waals surface area contributed by atoms with Gasteiger partial charge in [-0.3, -0.25) is 0 Å². The van der Waals surface area contributed by atoms with E-state index in [0.717, 1.165) is 13.0 Å². The Balaban J connectivity index is 2.60. The van der Waals surface area contributed by atoms with Crippen molar-refractivity contribution < 1.29 is 4.43 Å². The number of rotatable bonds is 2. The third-order valence-electron chi connectivity index (χ3n) is 2.58. The van der Waals surface area contributed by atoms with Crippen LogP contribution in [0.5, 0.6) is 0 Å². The van der Waals surface area contributed by atoms with E-state index in [4.69, 9.17) is 4.43 Å². The summed E-state index contributed by atoms with van der Waals surface area (Å²) in [4.78, 5) is 0. The van der Waals surface area contributed by atoms with Gasteiger partial charge >= 0.3 is 0 Å². The average Bonchev–Trinajstić information content (AvgIpc) is 1.99. The predicted molar refractivity (Wildman–Crippen MR) is 68.4 cm³/mol. The van der Waals surface area contributed by atoms with E-state index in [-0.39, 0.29) is 0 Å². The lowest BCUT2D eigenvalue weighted by molar-refractivity contribution is 0.235. The van der Waals surface area contributed by atoms with E-state index >= 15 is 0 Å². The first-order valence-electron chi connectivity index (χ1n) is 5.80. The van der Waals surface area contributed by atoms with Gasteiger partial charge in [0.2, 0.25) is 8.32 Å². The fraction of sp³-hybridized carbons (Fsp3) is 0.833. The Morgan fingerprint density at radius 2 is 1.93 bits per heavy atom. The van der Waals surface area contributed by atoms with E-state index < -0.39 is 8.32 Å². The summed E-state index contributed by atoms with van der Waals surface area (Å²) in [5, 5.41) is 3.53. The van der Waals surface area contributed by atoms with Crippen molar-refractivity contribution in [1.82, 2.24) is 5.32 Å². The standard InChI is InChI=1S/C12H25NOSi/c1-12(2,3)11-9-10(7-8-13-11)14-15(4,5)6/h7,11,13H,8-9H2,1-6H3. The maximum absolute atomic E-state index is 6.06. The SMILES string of the molecule is CC(C)(C)C1CC(O[Si](C)(C)C)=CCN1. The Kier molecular flexibility index (Phi) is 3.66. The fourth-order valence-electron chi connectivity index (χ4n) is 1.76. The first-order valence-corrected chi connectivity index (χ1v) is 9.21. The third-order valence-corrected chi connectivity index (χ3v) is 3.46. The molecule has 1 atom stereocenters. The molecule has 0 aromatic heterocycles. The molecule has 0 radical (unpaired) electrons. The molecule has 0 aromatic carbocycles. The van der Waals surface area contributed by atoms with Crippen LogP contribution < -0.4 is 5.32 Å². The van der Waals surface area contributed by atoms with E-state index in [9.17, 15) is 0 Å². The molecule has 1 aliphatic rings. The second kappa shape index (κ2) is 4.30. The van der Waals surface area contributed by atoms with E-state index in [2.05, 4.69) is 51.8 Å². The van der Waals surface area contributed by atoms with Gasteiger partial charge in [-0.2, -0.15) is 0 Å². The van der Waals surface area contributed by atoms with Crippen molar-refractivity contribution >= 4 is 8.32 Å². The molecule has 1 unspecified atom stereocenters. The summed E-state index contributed by atoms with van der Waals surface area (Å²) in [6, 6.07) is 0.536. The van der Waals surface area contributed by atoms with Crippen molar-refractivity contribution in [2.45, 2.75) is 52.9 Å². The maximum Gasteiger partial charge on any atom is 0.241 e. The molecule has 1 N–H and O–H groups in total. The zero-order valence-electron chi connectivity index (χ0n) is 11.0. The molecule has 0 saturated heterocycles. The quantitative estimate of drug-likeness (QED) is 0.732. The van der Waals surface area contributed by atoms with Crippen LogP contribution in [0.15, 0.2) is 11.8 Å². The number of hydrogen-bond acceptors (Lipinski definition) is 2. The lowest BCUT2D eigenvalue weighted by Gasteiger charge is -2.36. The minimum absolute atomic E-state index is 0.308. The Bertz CT molecular complexity index is 247. The van der Waals surface area contributed by atoms with Crippen molar-refractivity contribution in [3.8, 4) is 0 Å². The molecule has 0 saturated carbocycles. The fourth-order valence-corrected chi connectivity index (χ4v) is 2.71. The summed E-state index contributed by atoms with van der Waals surface area (Å²) in [6.07, 6.45) is 3.23. The summed E-state index contributed by atoms with van der Waals surface area (Å²) < 4.78 is 6.06. The van der Waals surface area contributed by atoms with Gasteiger partial charge in [-0.05, 0) is 31.1 Å². The van der Waals surface area contributed by atoms with Crippen molar-refractivity contribution in [1.29, 1.82) is 0 Å². The number of hydrogen-bond donors (Lipinski definition) is 1. The maximum atomic E-state index is 6.06. The van der Waals surface area contributed by atoms with Crippen LogP contribution in [0.25, 0.3) is 0 Å². The molecule has 1 aliphatic heterocycles. The largest absolute Gasteiger partial charge is 0.547 e. The van der Waals surface area contributed by atoms with Gasteiger partial charge in [0.1, 0.15) is 0 Å². The zero-order valence-corrected chi connectivity index (χ0v) is 12.0. The highest BCUT2D eigenvalue weighted by Gasteiger charge is 2.29. The Morgan fingerprint density at radius 1 is 1.33 bits per heavy atom. The van der Waals surface area contributed by atoms with Crippen LogP contribution in [-0.2, 0) is 4.43 Å². The van der Waals surface area contributed by atoms with Crippen molar-refractivity contribution in [2.75, 3.05) is 6.54 Å². The molecule has 0 aliphatic carbocycles. The van der Waals surface area contributed by atoms with Crippen molar-refractivity contribution in [3.63, 3.8) is 0 Å². The molecule has 0 spiro atoms. The molecular formula is C12H25NOSi. The van der Waals surface area contributed by atoms with Gasteiger partial charge in [0, 0.05) is 19.0 Å². The van der Waals surface area contributed by atoms with Crippen LogP contribution in [0.4, 0.5) is 0 Å². The molecule has 2 nitrogen and oxygen atoms in total. The van der Waals surface area contributed by atoms with E-state index in [1.165, 1.54) is 5.76 Å². The molecule has 0 amide bonds. The molecule has 0 fully saturated rings. The Hall–Kier alpha value is -0.283. The van der Waals surface area contributed by atoms with Gasteiger partial charge < -0.3 is 9.74 Å². The summed E-state index contributed by atoms with van der Waals surface area (Å²) in [5.41, 5.74) is 0.308. The van der Waals surface area contributed by atoms with Gasteiger partial charge in [-0.1, -0.05) is 20.8 Å². The first kappa shape index (κ1) is 12.8. The third kappa shape index (κ3) is 4.39. The molecule has 0 bridgehead atoms. The second-order valence-corrected chi connectivity index (χ2v) is 10.8. The molecule has 1 rings (SSSR count). The zero-order chi connectivity index (χ0) is 11.7. The van der Waals surface area contributed by atoms with E-state index in [1.807, 2.05) is 0 Å². The summed E-state index contributed by atoms with van der Waals surface area (Å²) >= 11 is 0. The summed E-state index contributed by atoms with van der Waals surface area (Å²) in [5.74, 6) is 1.20. The van der Waals surface area contributed by atoms with Crippen LogP contribution in [0.2, 0.25) is 19.6 Å². The van der Waals surface area contributed by atoms with Crippen LogP contribution in [-0.4, -0.2) is 20.9 Å². The summed E-state index contributed by atoms with van der Waals surface area (Å²) in [7, 11) is -1.43. The molecule has 1 heterocycles. The van der Waals surface area contributed by atoms with Gasteiger partial charge in [-0.15, -0.1) is 0 Å². The van der Waals surface area contributed by atoms with Crippen molar-refractivity contribution in [3.05, 3.63) is 11.8 Å². The topological polar surface area (TPSA) is 21.3 Å². The minimum atomic E-state index is -1.43. The van der Waals surface area contributed by atoms with E-state index in [1.54, 1.807) is 0 Å². The van der Waals surface area contributed by atoms with Gasteiger partial charge in [0.05, 0.1) is 5.76 Å². The lowest BCUT2D eigenvalue weighted by atomic mass is 9.83. The first-order chi connectivity index (χ1) is 6.68. The van der Waals surface area contributed by atoms with Crippen LogP contribution in [0, 0.1) is 5.41 Å². The van der Waals surface area contributed by atoms with Gasteiger partial charge in [-0.25, -0.2) is 0 Å². The van der Waals surface area contributed by atoms with Crippen LogP contribution >= 0.6 is 0 Å².